The summed E-state index contributed by atoms with van der Waals surface area (Å²) in [6, 6.07) is 15.5. The van der Waals surface area contributed by atoms with E-state index in [-0.39, 0.29) is 11.8 Å². The zero-order valence-electron chi connectivity index (χ0n) is 16.3. The fraction of sp³-hybridized carbons (Fsp3) is 0.250. The van der Waals surface area contributed by atoms with E-state index in [1.54, 1.807) is 36.0 Å². The molecule has 2 amide bonds. The minimum absolute atomic E-state index is 0.0751. The molecule has 2 atom stereocenters. The Morgan fingerprint density at radius 2 is 1.11 bits per heavy atom. The summed E-state index contributed by atoms with van der Waals surface area (Å²) in [5.74, 6) is -0.150. The molecule has 0 saturated carbocycles. The lowest BCUT2D eigenvalue weighted by Gasteiger charge is -2.43. The summed E-state index contributed by atoms with van der Waals surface area (Å²) in [4.78, 5) is 31.1. The predicted octanol–water partition coefficient (Wildman–Crippen LogP) is 3.97. The summed E-state index contributed by atoms with van der Waals surface area (Å²) in [5.41, 5.74) is 1.32. The highest BCUT2D eigenvalue weighted by molar-refractivity contribution is 6.18. The highest BCUT2D eigenvalue weighted by Crippen LogP contribution is 2.60. The van der Waals surface area contributed by atoms with Crippen LogP contribution < -0.4 is 9.80 Å². The molecule has 0 aromatic heterocycles. The van der Waals surface area contributed by atoms with Gasteiger partial charge in [-0.3, -0.25) is 9.59 Å². The van der Waals surface area contributed by atoms with Crippen molar-refractivity contribution in [3.63, 3.8) is 0 Å². The van der Waals surface area contributed by atoms with E-state index in [0.717, 1.165) is 22.5 Å². The Morgan fingerprint density at radius 3 is 1.46 bits per heavy atom. The van der Waals surface area contributed by atoms with Gasteiger partial charge < -0.3 is 9.80 Å². The van der Waals surface area contributed by atoms with E-state index in [9.17, 15) is 9.59 Å². The molecule has 2 aromatic carbocycles. The quantitative estimate of drug-likeness (QED) is 0.745. The predicted molar refractivity (Wildman–Crippen MR) is 113 cm³/mol. The molecule has 2 heterocycles. The average molecular weight is 372 g/mol. The second-order valence-electron chi connectivity index (χ2n) is 7.56. The lowest BCUT2D eigenvalue weighted by Crippen LogP contribution is -2.59. The molecule has 0 spiro atoms. The van der Waals surface area contributed by atoms with Gasteiger partial charge in [0.05, 0.1) is 10.8 Å². The number of hydrogen-bond acceptors (Lipinski definition) is 2. The Labute approximate surface area is 165 Å². The Hall–Kier alpha value is -3.14. The van der Waals surface area contributed by atoms with Crippen molar-refractivity contribution in [1.29, 1.82) is 0 Å². The van der Waals surface area contributed by atoms with E-state index in [2.05, 4.69) is 13.2 Å². The molecule has 142 valence electrons. The van der Waals surface area contributed by atoms with Gasteiger partial charge in [0.25, 0.3) is 0 Å². The van der Waals surface area contributed by atoms with Crippen LogP contribution in [0.3, 0.4) is 0 Å². The molecule has 4 rings (SSSR count). The number of fused-ring (bicyclic) bond motifs is 2. The van der Waals surface area contributed by atoms with Crippen LogP contribution in [0.25, 0.3) is 0 Å². The van der Waals surface area contributed by atoms with E-state index < -0.39 is 10.8 Å². The van der Waals surface area contributed by atoms with Crippen molar-refractivity contribution >= 4 is 23.2 Å². The van der Waals surface area contributed by atoms with Crippen molar-refractivity contribution in [3.05, 3.63) is 85.0 Å². The first-order valence-corrected chi connectivity index (χ1v) is 9.44. The number of benzene rings is 2. The monoisotopic (exact) mass is 372 g/mol. The first-order chi connectivity index (χ1) is 13.5. The number of likely N-dealkylation sites (N-methyl/N-ethyl adjacent to an activating group) is 2. The van der Waals surface area contributed by atoms with Gasteiger partial charge in [-0.1, -0.05) is 48.6 Å². The van der Waals surface area contributed by atoms with Crippen LogP contribution in [0.5, 0.6) is 0 Å². The lowest BCUT2D eigenvalue weighted by molar-refractivity contribution is -0.134. The van der Waals surface area contributed by atoms with Crippen LogP contribution in [-0.2, 0) is 20.4 Å². The number of allylic oxidation sites excluding steroid dienone is 2. The molecule has 0 aliphatic carbocycles. The standard InChI is InChI=1S/C24H24N2O2/c1-5-15-23(17-11-7-9-13-19(17)25(3)21(23)27)24(16-6-2)18-12-8-10-14-20(18)26(4)22(24)28/h5-14H,1-2,15-16H2,3-4H3/t23-,24+. The molecule has 2 aromatic rings. The first-order valence-electron chi connectivity index (χ1n) is 9.44. The van der Waals surface area contributed by atoms with Gasteiger partial charge in [-0.05, 0) is 36.1 Å². The molecule has 0 saturated heterocycles. The van der Waals surface area contributed by atoms with Crippen molar-refractivity contribution in [2.75, 3.05) is 23.9 Å². The maximum absolute atomic E-state index is 13.9. The molecule has 2 aliphatic rings. The largest absolute Gasteiger partial charge is 0.314 e. The number of carbonyl (C=O) groups is 2. The normalized spacial score (nSPS) is 25.6. The number of nitrogens with zero attached hydrogens (tertiary/aromatic N) is 2. The Bertz CT molecular complexity index is 930. The van der Waals surface area contributed by atoms with Crippen molar-refractivity contribution in [3.8, 4) is 0 Å². The highest BCUT2D eigenvalue weighted by Gasteiger charge is 2.68. The van der Waals surface area contributed by atoms with Gasteiger partial charge in [0, 0.05) is 25.5 Å². The number of hydrogen-bond donors (Lipinski definition) is 0. The van der Waals surface area contributed by atoms with Gasteiger partial charge in [0.2, 0.25) is 11.8 Å². The maximum Gasteiger partial charge on any atom is 0.239 e. The molecule has 2 aliphatic heterocycles. The number of carbonyl (C=O) groups excluding carboxylic acids is 2. The smallest absolute Gasteiger partial charge is 0.239 e. The Kier molecular flexibility index (Phi) is 4.03. The maximum atomic E-state index is 13.9. The van der Waals surface area contributed by atoms with Gasteiger partial charge in [-0.15, -0.1) is 13.2 Å². The molecule has 0 radical (unpaired) electrons. The number of amides is 2. The number of anilines is 2. The van der Waals surface area contributed by atoms with E-state index in [1.165, 1.54) is 0 Å². The average Bonchev–Trinajstić information content (AvgIpc) is 3.07. The molecular formula is C24H24N2O2. The second kappa shape index (κ2) is 6.20. The second-order valence-corrected chi connectivity index (χ2v) is 7.56. The van der Waals surface area contributed by atoms with Crippen molar-refractivity contribution in [2.24, 2.45) is 0 Å². The van der Waals surface area contributed by atoms with Crippen LogP contribution in [0.4, 0.5) is 11.4 Å². The Morgan fingerprint density at radius 1 is 0.750 bits per heavy atom. The third-order valence-electron chi connectivity index (χ3n) is 6.42. The summed E-state index contributed by atoms with van der Waals surface area (Å²) in [7, 11) is 3.56. The molecule has 0 bridgehead atoms. The molecule has 0 unspecified atom stereocenters. The van der Waals surface area contributed by atoms with Crippen LogP contribution in [0.2, 0.25) is 0 Å². The number of para-hydroxylation sites is 2. The lowest BCUT2D eigenvalue weighted by atomic mass is 9.54. The zero-order valence-corrected chi connectivity index (χ0v) is 16.3. The van der Waals surface area contributed by atoms with E-state index in [4.69, 9.17) is 0 Å². The number of rotatable bonds is 5. The highest BCUT2D eigenvalue weighted by atomic mass is 16.2. The molecular weight excluding hydrogens is 348 g/mol. The summed E-state index contributed by atoms with van der Waals surface area (Å²) in [6.07, 6.45) is 4.25. The SMILES string of the molecule is C=CC[C@]1([C@]2(CC=C)C(=O)N(C)c3ccccc32)C(=O)N(C)c2ccccc21. The van der Waals surface area contributed by atoms with Crippen molar-refractivity contribution in [1.82, 2.24) is 0 Å². The Balaban J connectivity index is 2.15. The van der Waals surface area contributed by atoms with Crippen LogP contribution in [0.1, 0.15) is 24.0 Å². The minimum atomic E-state index is -1.06. The van der Waals surface area contributed by atoms with Gasteiger partial charge in [-0.2, -0.15) is 0 Å². The fourth-order valence-electron chi connectivity index (χ4n) is 5.28. The molecule has 4 nitrogen and oxygen atoms in total. The van der Waals surface area contributed by atoms with Crippen LogP contribution in [0, 0.1) is 0 Å². The minimum Gasteiger partial charge on any atom is -0.314 e. The van der Waals surface area contributed by atoms with Crippen molar-refractivity contribution in [2.45, 2.75) is 23.7 Å². The van der Waals surface area contributed by atoms with E-state index in [0.29, 0.717) is 12.8 Å². The molecule has 28 heavy (non-hydrogen) atoms. The van der Waals surface area contributed by atoms with E-state index >= 15 is 0 Å². The molecule has 0 fully saturated rings. The van der Waals surface area contributed by atoms with Crippen LogP contribution >= 0.6 is 0 Å². The van der Waals surface area contributed by atoms with Gasteiger partial charge in [0.1, 0.15) is 0 Å². The summed E-state index contributed by atoms with van der Waals surface area (Å²) in [5, 5.41) is 0. The topological polar surface area (TPSA) is 40.6 Å². The van der Waals surface area contributed by atoms with Gasteiger partial charge in [0.15, 0.2) is 0 Å². The zero-order chi connectivity index (χ0) is 20.1. The molecule has 0 N–H and O–H groups in total. The van der Waals surface area contributed by atoms with Crippen LogP contribution in [0.15, 0.2) is 73.8 Å². The summed E-state index contributed by atoms with van der Waals surface area (Å²) < 4.78 is 0. The fourth-order valence-corrected chi connectivity index (χ4v) is 5.28. The summed E-state index contributed by atoms with van der Waals surface area (Å²) >= 11 is 0. The van der Waals surface area contributed by atoms with Gasteiger partial charge >= 0.3 is 0 Å². The summed E-state index contributed by atoms with van der Waals surface area (Å²) in [6.45, 7) is 7.89. The van der Waals surface area contributed by atoms with Crippen LogP contribution in [-0.4, -0.2) is 25.9 Å². The third-order valence-corrected chi connectivity index (χ3v) is 6.42. The third kappa shape index (κ3) is 1.90. The van der Waals surface area contributed by atoms with Crippen molar-refractivity contribution < 1.29 is 9.59 Å². The van der Waals surface area contributed by atoms with Gasteiger partial charge in [-0.25, -0.2) is 0 Å². The first kappa shape index (κ1) is 18.2. The van der Waals surface area contributed by atoms with E-state index in [1.807, 2.05) is 48.5 Å². The molecule has 4 heteroatoms.